The van der Waals surface area contributed by atoms with Crippen molar-refractivity contribution in [1.82, 2.24) is 14.8 Å². The summed E-state index contributed by atoms with van der Waals surface area (Å²) >= 11 is 0. The lowest BCUT2D eigenvalue weighted by atomic mass is 10.1. The largest absolute Gasteiger partial charge is 0.301 e. The molecule has 1 aliphatic rings. The zero-order valence-corrected chi connectivity index (χ0v) is 13.0. The lowest BCUT2D eigenvalue weighted by molar-refractivity contribution is 0.136. The third-order valence-electron chi connectivity index (χ3n) is 4.50. The van der Waals surface area contributed by atoms with E-state index in [9.17, 15) is 0 Å². The van der Waals surface area contributed by atoms with Crippen LogP contribution in [-0.2, 0) is 6.42 Å². The molecular formula is C18H25N3. The Morgan fingerprint density at radius 1 is 1.05 bits per heavy atom. The van der Waals surface area contributed by atoms with Crippen molar-refractivity contribution in [2.24, 2.45) is 0 Å². The van der Waals surface area contributed by atoms with Gasteiger partial charge in [0, 0.05) is 37.8 Å². The van der Waals surface area contributed by atoms with Gasteiger partial charge in [-0.2, -0.15) is 0 Å². The van der Waals surface area contributed by atoms with E-state index >= 15 is 0 Å². The van der Waals surface area contributed by atoms with E-state index in [4.69, 9.17) is 0 Å². The predicted octanol–water partition coefficient (Wildman–Crippen LogP) is 2.80. The van der Waals surface area contributed by atoms with Crippen LogP contribution in [0, 0.1) is 0 Å². The first-order valence-electron chi connectivity index (χ1n) is 8.13. The molecule has 0 amide bonds. The quantitative estimate of drug-likeness (QED) is 0.841. The van der Waals surface area contributed by atoms with Crippen LogP contribution in [0.1, 0.15) is 18.9 Å². The van der Waals surface area contributed by atoms with Crippen molar-refractivity contribution in [3.8, 4) is 0 Å². The van der Waals surface area contributed by atoms with Crippen molar-refractivity contribution in [1.29, 1.82) is 0 Å². The maximum atomic E-state index is 4.55. The monoisotopic (exact) mass is 283 g/mol. The number of likely N-dealkylation sites (N-methyl/N-ethyl adjacent to an activating group) is 1. The van der Waals surface area contributed by atoms with E-state index < -0.39 is 0 Å². The van der Waals surface area contributed by atoms with Gasteiger partial charge in [0.2, 0.25) is 0 Å². The predicted molar refractivity (Wildman–Crippen MR) is 88.6 cm³/mol. The van der Waals surface area contributed by atoms with E-state index in [0.29, 0.717) is 0 Å². The van der Waals surface area contributed by atoms with Crippen LogP contribution in [0.2, 0.25) is 0 Å². The molecule has 3 heteroatoms. The van der Waals surface area contributed by atoms with Gasteiger partial charge in [-0.1, -0.05) is 25.1 Å². The van der Waals surface area contributed by atoms with E-state index in [1.54, 1.807) is 0 Å². The molecule has 1 aliphatic heterocycles. The highest BCUT2D eigenvalue weighted by Crippen LogP contribution is 2.14. The molecule has 1 aromatic carbocycles. The highest BCUT2D eigenvalue weighted by atomic mass is 15.3. The first-order chi connectivity index (χ1) is 10.3. The minimum absolute atomic E-state index is 1.09. The van der Waals surface area contributed by atoms with Crippen molar-refractivity contribution < 1.29 is 0 Å². The van der Waals surface area contributed by atoms with Gasteiger partial charge in [-0.15, -0.1) is 0 Å². The van der Waals surface area contributed by atoms with E-state index in [1.165, 1.54) is 56.6 Å². The Labute approximate surface area is 127 Å². The van der Waals surface area contributed by atoms with Crippen molar-refractivity contribution in [2.45, 2.75) is 19.8 Å². The molecule has 0 radical (unpaired) electrons. The number of rotatable bonds is 5. The summed E-state index contributed by atoms with van der Waals surface area (Å²) < 4.78 is 0. The fraction of sp³-hybridized carbons (Fsp3) is 0.500. The van der Waals surface area contributed by atoms with E-state index in [1.807, 2.05) is 12.3 Å². The average Bonchev–Trinajstić information content (AvgIpc) is 2.55. The summed E-state index contributed by atoms with van der Waals surface area (Å²) in [5.74, 6) is 0. The summed E-state index contributed by atoms with van der Waals surface area (Å²) in [7, 11) is 0. The van der Waals surface area contributed by atoms with Crippen LogP contribution in [0.3, 0.4) is 0 Å². The molecule has 3 nitrogen and oxygen atoms in total. The first kappa shape index (κ1) is 14.5. The lowest BCUT2D eigenvalue weighted by Gasteiger charge is -2.33. The number of nitrogens with zero attached hydrogens (tertiary/aromatic N) is 3. The van der Waals surface area contributed by atoms with Crippen molar-refractivity contribution in [2.75, 3.05) is 39.3 Å². The summed E-state index contributed by atoms with van der Waals surface area (Å²) in [6, 6.07) is 10.6. The maximum Gasteiger partial charge on any atom is 0.0702 e. The van der Waals surface area contributed by atoms with Gasteiger partial charge in [0.15, 0.2) is 0 Å². The van der Waals surface area contributed by atoms with Crippen molar-refractivity contribution in [3.63, 3.8) is 0 Å². The summed E-state index contributed by atoms with van der Waals surface area (Å²) in [6.07, 6.45) is 4.40. The molecule has 2 aromatic rings. The molecule has 21 heavy (non-hydrogen) atoms. The highest BCUT2D eigenvalue weighted by Gasteiger charge is 2.14. The van der Waals surface area contributed by atoms with Gasteiger partial charge in [-0.25, -0.2) is 0 Å². The normalized spacial score (nSPS) is 17.4. The number of aromatic nitrogens is 1. The standard InChI is InChI=1S/C18H25N3/c1-2-20-10-12-21(13-11-20)9-5-6-16-14-17-7-3-4-8-18(17)19-15-16/h3-4,7-8,14-15H,2,5-6,9-13H2,1H3. The molecule has 1 saturated heterocycles. The van der Waals surface area contributed by atoms with Gasteiger partial charge in [0.1, 0.15) is 0 Å². The van der Waals surface area contributed by atoms with Gasteiger partial charge in [-0.3, -0.25) is 4.98 Å². The summed E-state index contributed by atoms with van der Waals surface area (Å²) in [6.45, 7) is 9.57. The molecule has 0 atom stereocenters. The van der Waals surface area contributed by atoms with Crippen LogP contribution < -0.4 is 0 Å². The highest BCUT2D eigenvalue weighted by molar-refractivity contribution is 5.78. The van der Waals surface area contributed by atoms with Crippen molar-refractivity contribution >= 4 is 10.9 Å². The second-order valence-electron chi connectivity index (χ2n) is 5.92. The zero-order valence-electron chi connectivity index (χ0n) is 13.0. The second kappa shape index (κ2) is 7.01. The van der Waals surface area contributed by atoms with Gasteiger partial charge in [-0.05, 0) is 43.6 Å². The minimum atomic E-state index is 1.09. The van der Waals surface area contributed by atoms with Crippen LogP contribution in [0.25, 0.3) is 10.9 Å². The second-order valence-corrected chi connectivity index (χ2v) is 5.92. The number of hydrogen-bond acceptors (Lipinski definition) is 3. The van der Waals surface area contributed by atoms with Crippen LogP contribution in [-0.4, -0.2) is 54.1 Å². The molecule has 112 valence electrons. The zero-order chi connectivity index (χ0) is 14.5. The van der Waals surface area contributed by atoms with Gasteiger partial charge >= 0.3 is 0 Å². The molecule has 1 fully saturated rings. The number of benzene rings is 1. The van der Waals surface area contributed by atoms with Gasteiger partial charge in [0.25, 0.3) is 0 Å². The smallest absolute Gasteiger partial charge is 0.0702 e. The number of fused-ring (bicyclic) bond motifs is 1. The lowest BCUT2D eigenvalue weighted by Crippen LogP contribution is -2.46. The maximum absolute atomic E-state index is 4.55. The van der Waals surface area contributed by atoms with Crippen LogP contribution >= 0.6 is 0 Å². The van der Waals surface area contributed by atoms with Crippen LogP contribution in [0.15, 0.2) is 36.5 Å². The molecule has 0 bridgehead atoms. The van der Waals surface area contributed by atoms with E-state index in [0.717, 1.165) is 11.9 Å². The Morgan fingerprint density at radius 2 is 1.81 bits per heavy atom. The Balaban J connectivity index is 1.48. The van der Waals surface area contributed by atoms with Gasteiger partial charge in [0.05, 0.1) is 5.52 Å². The fourth-order valence-corrected chi connectivity index (χ4v) is 3.09. The number of piperazine rings is 1. The molecule has 0 spiro atoms. The summed E-state index contributed by atoms with van der Waals surface area (Å²) in [4.78, 5) is 9.68. The summed E-state index contributed by atoms with van der Waals surface area (Å²) in [5.41, 5.74) is 2.46. The average molecular weight is 283 g/mol. The molecule has 0 saturated carbocycles. The molecule has 0 aliphatic carbocycles. The topological polar surface area (TPSA) is 19.4 Å². The fourth-order valence-electron chi connectivity index (χ4n) is 3.09. The summed E-state index contributed by atoms with van der Waals surface area (Å²) in [5, 5.41) is 1.26. The Hall–Kier alpha value is -1.45. The number of aryl methyl sites for hydroxylation is 1. The minimum Gasteiger partial charge on any atom is -0.301 e. The van der Waals surface area contributed by atoms with Gasteiger partial charge < -0.3 is 9.80 Å². The number of para-hydroxylation sites is 1. The Bertz CT molecular complexity index is 573. The molecule has 3 rings (SSSR count). The van der Waals surface area contributed by atoms with Crippen LogP contribution in [0.5, 0.6) is 0 Å². The van der Waals surface area contributed by atoms with E-state index in [-0.39, 0.29) is 0 Å². The number of pyridine rings is 1. The third kappa shape index (κ3) is 3.80. The number of hydrogen-bond donors (Lipinski definition) is 0. The van der Waals surface area contributed by atoms with Crippen LogP contribution in [0.4, 0.5) is 0 Å². The Morgan fingerprint density at radius 3 is 2.62 bits per heavy atom. The Kier molecular flexibility index (Phi) is 4.84. The molecule has 2 heterocycles. The molecule has 1 aromatic heterocycles. The first-order valence-corrected chi connectivity index (χ1v) is 8.13. The molecule has 0 unspecified atom stereocenters. The SMILES string of the molecule is CCN1CCN(CCCc2cnc3ccccc3c2)CC1. The molecular weight excluding hydrogens is 258 g/mol. The van der Waals surface area contributed by atoms with E-state index in [2.05, 4.69) is 46.0 Å². The molecule has 0 N–H and O–H groups in total. The van der Waals surface area contributed by atoms with Crippen molar-refractivity contribution in [3.05, 3.63) is 42.1 Å². The third-order valence-corrected chi connectivity index (χ3v) is 4.50.